The molecule has 0 saturated heterocycles. The summed E-state index contributed by atoms with van der Waals surface area (Å²) in [6, 6.07) is 0. The zero-order chi connectivity index (χ0) is 14.4. The quantitative estimate of drug-likeness (QED) is 0.804. The third-order valence-corrected chi connectivity index (χ3v) is 3.69. The van der Waals surface area contributed by atoms with Crippen LogP contribution in [-0.4, -0.2) is 27.0 Å². The molecule has 0 unspecified atom stereocenters. The molecule has 0 spiro atoms. The van der Waals surface area contributed by atoms with Gasteiger partial charge in [-0.3, -0.25) is 4.79 Å². The second-order valence-corrected chi connectivity index (χ2v) is 5.31. The van der Waals surface area contributed by atoms with Crippen molar-refractivity contribution in [2.24, 2.45) is 0 Å². The van der Waals surface area contributed by atoms with Gasteiger partial charge >= 0.3 is 0 Å². The fourth-order valence-corrected chi connectivity index (χ4v) is 2.53. The summed E-state index contributed by atoms with van der Waals surface area (Å²) in [6.45, 7) is 3.31. The molecule has 0 aliphatic heterocycles. The lowest BCUT2D eigenvalue weighted by atomic mass is 10.3. The summed E-state index contributed by atoms with van der Waals surface area (Å²) in [4.78, 5) is 20.1. The Bertz CT molecular complexity index is 563. The zero-order valence-corrected chi connectivity index (χ0v) is 12.3. The molecule has 0 atom stereocenters. The van der Waals surface area contributed by atoms with Crippen LogP contribution in [0.25, 0.3) is 0 Å². The lowest BCUT2D eigenvalue weighted by molar-refractivity contribution is -0.121. The van der Waals surface area contributed by atoms with E-state index in [1.54, 1.807) is 6.20 Å². The molecule has 6 nitrogen and oxygen atoms in total. The van der Waals surface area contributed by atoms with Crippen LogP contribution in [0.2, 0.25) is 0 Å². The summed E-state index contributed by atoms with van der Waals surface area (Å²) in [5.41, 5.74) is 6.48. The maximum atomic E-state index is 11.7. The fourth-order valence-electron chi connectivity index (χ4n) is 1.94. The van der Waals surface area contributed by atoms with E-state index < -0.39 is 0 Å². The normalized spacial score (nSPS) is 10.7. The number of hydrogen-bond acceptors (Lipinski definition) is 5. The van der Waals surface area contributed by atoms with Gasteiger partial charge in [0.25, 0.3) is 0 Å². The average molecular weight is 293 g/mol. The molecule has 3 N–H and O–H groups in total. The second kappa shape index (κ2) is 7.04. The molecule has 0 radical (unpaired) electrons. The van der Waals surface area contributed by atoms with Gasteiger partial charge in [0, 0.05) is 50.1 Å². The Balaban J connectivity index is 1.68. The largest absolute Gasteiger partial charge is 0.375 e. The number of carbonyl (C=O) groups is 1. The molecule has 1 amide bonds. The maximum absolute atomic E-state index is 11.7. The lowest BCUT2D eigenvalue weighted by Gasteiger charge is -2.07. The van der Waals surface area contributed by atoms with Gasteiger partial charge in [0.1, 0.15) is 5.82 Å². The van der Waals surface area contributed by atoms with Crippen molar-refractivity contribution >= 4 is 22.4 Å². The summed E-state index contributed by atoms with van der Waals surface area (Å²) in [7, 11) is 0. The minimum Gasteiger partial charge on any atom is -0.375 e. The molecule has 2 heterocycles. The predicted octanol–water partition coefficient (Wildman–Crippen LogP) is 1.23. The molecule has 7 heteroatoms. The fraction of sp³-hybridized carbons (Fsp3) is 0.462. The van der Waals surface area contributed by atoms with Gasteiger partial charge in [-0.1, -0.05) is 6.92 Å². The van der Waals surface area contributed by atoms with Crippen molar-refractivity contribution in [3.8, 4) is 0 Å². The van der Waals surface area contributed by atoms with E-state index in [2.05, 4.69) is 22.2 Å². The van der Waals surface area contributed by atoms with Gasteiger partial charge in [0.05, 0.1) is 5.69 Å². The van der Waals surface area contributed by atoms with Gasteiger partial charge in [-0.2, -0.15) is 0 Å². The van der Waals surface area contributed by atoms with E-state index in [0.717, 1.165) is 17.9 Å². The molecule has 2 aromatic rings. The molecule has 2 aromatic heterocycles. The number of nitrogens with two attached hydrogens (primary N) is 1. The molecular weight excluding hydrogens is 274 g/mol. The van der Waals surface area contributed by atoms with Gasteiger partial charge in [0.15, 0.2) is 5.13 Å². The highest BCUT2D eigenvalue weighted by Gasteiger charge is 2.05. The van der Waals surface area contributed by atoms with E-state index in [1.165, 1.54) is 11.3 Å². The van der Waals surface area contributed by atoms with Crippen LogP contribution in [0.3, 0.4) is 0 Å². The minimum atomic E-state index is 0.0453. The Morgan fingerprint density at radius 3 is 3.10 bits per heavy atom. The smallest absolute Gasteiger partial charge is 0.221 e. The van der Waals surface area contributed by atoms with Crippen molar-refractivity contribution < 1.29 is 4.79 Å². The first kappa shape index (κ1) is 14.5. The van der Waals surface area contributed by atoms with Crippen LogP contribution in [0.5, 0.6) is 0 Å². The summed E-state index contributed by atoms with van der Waals surface area (Å²) >= 11 is 1.42. The number of rotatable bonds is 7. The molecule has 0 bridgehead atoms. The Kier molecular flexibility index (Phi) is 5.11. The monoisotopic (exact) mass is 293 g/mol. The van der Waals surface area contributed by atoms with E-state index in [9.17, 15) is 4.79 Å². The van der Waals surface area contributed by atoms with Crippen molar-refractivity contribution in [2.45, 2.75) is 32.7 Å². The molecule has 0 aromatic carbocycles. The van der Waals surface area contributed by atoms with Crippen LogP contribution in [0, 0.1) is 0 Å². The first-order valence-electron chi connectivity index (χ1n) is 6.65. The summed E-state index contributed by atoms with van der Waals surface area (Å²) < 4.78 is 2.01. The number of aryl methyl sites for hydroxylation is 2. The Labute approximate surface area is 122 Å². The summed E-state index contributed by atoms with van der Waals surface area (Å²) in [5.74, 6) is 1.06. The molecule has 0 saturated carbocycles. The number of nitrogen functional groups attached to an aromatic ring is 1. The first-order valence-corrected chi connectivity index (χ1v) is 7.53. The third-order valence-electron chi connectivity index (χ3n) is 2.97. The van der Waals surface area contributed by atoms with Crippen molar-refractivity contribution in [3.05, 3.63) is 29.3 Å². The van der Waals surface area contributed by atoms with Crippen LogP contribution >= 0.6 is 11.3 Å². The van der Waals surface area contributed by atoms with E-state index in [0.29, 0.717) is 31.1 Å². The molecule has 108 valence electrons. The number of hydrogen-bond donors (Lipinski definition) is 2. The summed E-state index contributed by atoms with van der Waals surface area (Å²) in [5, 5.41) is 5.38. The van der Waals surface area contributed by atoms with Crippen LogP contribution < -0.4 is 11.1 Å². The zero-order valence-electron chi connectivity index (χ0n) is 11.5. The van der Waals surface area contributed by atoms with Gasteiger partial charge < -0.3 is 15.6 Å². The van der Waals surface area contributed by atoms with Crippen LogP contribution in [0.4, 0.5) is 5.13 Å². The van der Waals surface area contributed by atoms with Crippen LogP contribution in [0.1, 0.15) is 24.9 Å². The first-order chi connectivity index (χ1) is 9.69. The number of carbonyl (C=O) groups excluding carboxylic acids is 1. The van der Waals surface area contributed by atoms with E-state index in [1.807, 2.05) is 16.1 Å². The Morgan fingerprint density at radius 2 is 2.40 bits per heavy atom. The Hall–Kier alpha value is -1.89. The van der Waals surface area contributed by atoms with Crippen molar-refractivity contribution in [3.63, 3.8) is 0 Å². The van der Waals surface area contributed by atoms with Crippen LogP contribution in [0.15, 0.2) is 17.8 Å². The number of nitrogens with zero attached hydrogens (tertiary/aromatic N) is 3. The number of nitrogens with one attached hydrogen (secondary N) is 1. The second-order valence-electron chi connectivity index (χ2n) is 4.42. The number of anilines is 1. The number of thiazole rings is 1. The standard InChI is InChI=1S/C13H19N5OS/c1-2-11-15-6-8-18(11)7-4-12(19)16-5-3-10-9-20-13(14)17-10/h6,8-9H,2-5,7H2,1H3,(H2,14,17)(H,16,19). The molecule has 0 fully saturated rings. The number of imidazole rings is 1. The topological polar surface area (TPSA) is 85.8 Å². The third kappa shape index (κ3) is 4.06. The molecule has 0 aliphatic rings. The van der Waals surface area contributed by atoms with Crippen molar-refractivity contribution in [1.82, 2.24) is 19.9 Å². The average Bonchev–Trinajstić information content (AvgIpc) is 3.05. The predicted molar refractivity (Wildman–Crippen MR) is 79.5 cm³/mol. The highest BCUT2D eigenvalue weighted by atomic mass is 32.1. The highest BCUT2D eigenvalue weighted by molar-refractivity contribution is 7.13. The van der Waals surface area contributed by atoms with E-state index >= 15 is 0 Å². The molecular formula is C13H19N5OS. The minimum absolute atomic E-state index is 0.0453. The van der Waals surface area contributed by atoms with Crippen molar-refractivity contribution in [1.29, 1.82) is 0 Å². The van der Waals surface area contributed by atoms with Crippen molar-refractivity contribution in [2.75, 3.05) is 12.3 Å². The SMILES string of the molecule is CCc1nccn1CCC(=O)NCCc1csc(N)n1. The van der Waals surface area contributed by atoms with E-state index in [4.69, 9.17) is 5.73 Å². The molecule has 20 heavy (non-hydrogen) atoms. The number of amides is 1. The van der Waals surface area contributed by atoms with Gasteiger partial charge in [0.2, 0.25) is 5.91 Å². The van der Waals surface area contributed by atoms with Crippen LogP contribution in [-0.2, 0) is 24.2 Å². The lowest BCUT2D eigenvalue weighted by Crippen LogP contribution is -2.26. The summed E-state index contributed by atoms with van der Waals surface area (Å²) in [6.07, 6.45) is 5.72. The Morgan fingerprint density at radius 1 is 1.55 bits per heavy atom. The van der Waals surface area contributed by atoms with E-state index in [-0.39, 0.29) is 5.91 Å². The maximum Gasteiger partial charge on any atom is 0.221 e. The number of aromatic nitrogens is 3. The molecule has 0 aliphatic carbocycles. The van der Waals surface area contributed by atoms with Gasteiger partial charge in [-0.25, -0.2) is 9.97 Å². The van der Waals surface area contributed by atoms with Gasteiger partial charge in [-0.15, -0.1) is 11.3 Å². The highest BCUT2D eigenvalue weighted by Crippen LogP contribution is 2.10. The van der Waals surface area contributed by atoms with Gasteiger partial charge in [-0.05, 0) is 0 Å². The molecule has 2 rings (SSSR count).